The molecule has 3 N–H and O–H groups in total. The fraction of sp³-hybridized carbons (Fsp3) is 0.261. The maximum absolute atomic E-state index is 13.2. The van der Waals surface area contributed by atoms with Crippen LogP contribution in [-0.4, -0.2) is 37.4 Å². The van der Waals surface area contributed by atoms with Gasteiger partial charge in [-0.15, -0.1) is 0 Å². The van der Waals surface area contributed by atoms with Crippen LogP contribution in [0.1, 0.15) is 31.7 Å². The summed E-state index contributed by atoms with van der Waals surface area (Å²) in [5.74, 6) is -1.27. The van der Waals surface area contributed by atoms with Crippen LogP contribution in [0.2, 0.25) is 0 Å². The second-order valence-electron chi connectivity index (χ2n) is 7.55. The van der Waals surface area contributed by atoms with Crippen molar-refractivity contribution in [2.45, 2.75) is 32.6 Å². The lowest BCUT2D eigenvalue weighted by molar-refractivity contribution is -0.137. The smallest absolute Gasteiger partial charge is 0.303 e. The van der Waals surface area contributed by atoms with Crippen molar-refractivity contribution >= 4 is 44.7 Å². The molecular weight excluding hydrogens is 444 g/mol. The van der Waals surface area contributed by atoms with E-state index in [1.807, 2.05) is 31.2 Å². The van der Waals surface area contributed by atoms with Crippen molar-refractivity contribution in [3.8, 4) is 0 Å². The molecule has 1 heterocycles. The number of carboxylic acids is 1. The highest BCUT2D eigenvalue weighted by atomic mass is 32.2. The lowest BCUT2D eigenvalue weighted by Crippen LogP contribution is -2.22. The van der Waals surface area contributed by atoms with Crippen LogP contribution in [-0.2, 0) is 26.0 Å². The van der Waals surface area contributed by atoms with E-state index < -0.39 is 16.0 Å². The van der Waals surface area contributed by atoms with Crippen molar-refractivity contribution in [1.29, 1.82) is 0 Å². The molecule has 0 radical (unpaired) electrons. The first kappa shape index (κ1) is 24.0. The summed E-state index contributed by atoms with van der Waals surface area (Å²) < 4.78 is 25.2. The molecule has 2 aromatic carbocycles. The molecule has 0 unspecified atom stereocenters. The predicted molar refractivity (Wildman–Crippen MR) is 129 cm³/mol. The number of sulfonamides is 1. The molecule has 33 heavy (non-hydrogen) atoms. The molecule has 174 valence electrons. The molecule has 0 fully saturated rings. The highest BCUT2D eigenvalue weighted by Gasteiger charge is 2.31. The Labute approximate surface area is 192 Å². The van der Waals surface area contributed by atoms with Gasteiger partial charge in [-0.25, -0.2) is 8.42 Å². The zero-order chi connectivity index (χ0) is 24.0. The van der Waals surface area contributed by atoms with E-state index in [2.05, 4.69) is 15.1 Å². The number of carboxylic acid groups (broad SMARTS) is 1. The third kappa shape index (κ3) is 6.42. The number of hydrogen-bond donors (Lipinski definition) is 3. The average molecular weight is 471 g/mol. The van der Waals surface area contributed by atoms with Crippen LogP contribution in [0.5, 0.6) is 0 Å². The molecule has 0 bridgehead atoms. The van der Waals surface area contributed by atoms with E-state index in [4.69, 9.17) is 5.11 Å². The molecule has 3 rings (SSSR count). The van der Waals surface area contributed by atoms with Gasteiger partial charge in [0.05, 0.1) is 23.2 Å². The van der Waals surface area contributed by atoms with Gasteiger partial charge in [0.1, 0.15) is 0 Å². The minimum absolute atomic E-state index is 0.0293. The normalized spacial score (nSPS) is 15.0. The molecule has 0 spiro atoms. The Morgan fingerprint density at radius 2 is 1.85 bits per heavy atom. The molecule has 9 nitrogen and oxygen atoms in total. The van der Waals surface area contributed by atoms with Crippen molar-refractivity contribution in [1.82, 2.24) is 0 Å². The molecule has 0 saturated carbocycles. The summed E-state index contributed by atoms with van der Waals surface area (Å²) in [6.07, 6.45) is 4.12. The number of aliphatic carboxylic acids is 1. The van der Waals surface area contributed by atoms with Crippen molar-refractivity contribution in [2.24, 2.45) is 5.10 Å². The quantitative estimate of drug-likeness (QED) is 0.456. The van der Waals surface area contributed by atoms with E-state index in [9.17, 15) is 18.0 Å². The summed E-state index contributed by atoms with van der Waals surface area (Å²) in [4.78, 5) is 24.1. The zero-order valence-electron chi connectivity index (χ0n) is 18.4. The van der Waals surface area contributed by atoms with Gasteiger partial charge in [-0.05, 0) is 55.2 Å². The number of carbonyl (C=O) groups excluding carboxylic acids is 1. The van der Waals surface area contributed by atoms with Crippen LogP contribution < -0.4 is 15.0 Å². The summed E-state index contributed by atoms with van der Waals surface area (Å²) >= 11 is 0. The SMILES string of the molecule is CCc1ccccc1NC=C1C(=O)N(c2ccc(NS(C)(=O)=O)cc2)N=C1CCCC(=O)O. The van der Waals surface area contributed by atoms with Gasteiger partial charge in [-0.1, -0.05) is 25.1 Å². The maximum Gasteiger partial charge on any atom is 0.303 e. The van der Waals surface area contributed by atoms with Gasteiger partial charge in [-0.2, -0.15) is 10.1 Å². The first-order chi connectivity index (χ1) is 15.7. The molecule has 2 aromatic rings. The van der Waals surface area contributed by atoms with Gasteiger partial charge in [0.25, 0.3) is 5.91 Å². The maximum atomic E-state index is 13.2. The molecular formula is C23H26N4O5S. The van der Waals surface area contributed by atoms with Gasteiger partial charge in [0, 0.05) is 24.0 Å². The molecule has 0 aliphatic carbocycles. The minimum atomic E-state index is -3.42. The first-order valence-electron chi connectivity index (χ1n) is 10.4. The fourth-order valence-corrected chi connectivity index (χ4v) is 3.94. The Bertz CT molecular complexity index is 1200. The fourth-order valence-electron chi connectivity index (χ4n) is 3.37. The Morgan fingerprint density at radius 1 is 1.15 bits per heavy atom. The number of amides is 1. The summed E-state index contributed by atoms with van der Waals surface area (Å²) in [6, 6.07) is 14.0. The van der Waals surface area contributed by atoms with Gasteiger partial charge in [-0.3, -0.25) is 14.3 Å². The molecule has 0 atom stereocenters. The number of hydrogen-bond acceptors (Lipinski definition) is 6. The van der Waals surface area contributed by atoms with Crippen molar-refractivity contribution < 1.29 is 23.1 Å². The number of aryl methyl sites for hydroxylation is 1. The summed E-state index contributed by atoms with van der Waals surface area (Å²) in [6.45, 7) is 2.04. The van der Waals surface area contributed by atoms with E-state index >= 15 is 0 Å². The number of benzene rings is 2. The van der Waals surface area contributed by atoms with Crippen LogP contribution in [0.25, 0.3) is 0 Å². The topological polar surface area (TPSA) is 128 Å². The predicted octanol–water partition coefficient (Wildman–Crippen LogP) is 3.57. The highest BCUT2D eigenvalue weighted by molar-refractivity contribution is 7.92. The average Bonchev–Trinajstić information content (AvgIpc) is 3.07. The Hall–Kier alpha value is -3.66. The Kier molecular flexibility index (Phi) is 7.49. The standard InChI is InChI=1S/C23H26N4O5S/c1-3-16-7-4-5-8-20(16)24-15-19-21(9-6-10-22(28)29)25-27(23(19)30)18-13-11-17(12-14-18)26-33(2,31)32/h4-5,7-8,11-15,24,26H,3,6,9-10H2,1-2H3,(H,28,29). The van der Waals surface area contributed by atoms with E-state index in [0.29, 0.717) is 35.5 Å². The lowest BCUT2D eigenvalue weighted by Gasteiger charge is -2.13. The minimum Gasteiger partial charge on any atom is -0.481 e. The third-order valence-electron chi connectivity index (χ3n) is 4.94. The van der Waals surface area contributed by atoms with Crippen LogP contribution in [0, 0.1) is 0 Å². The number of nitrogens with zero attached hydrogens (tertiary/aromatic N) is 2. The van der Waals surface area contributed by atoms with Gasteiger partial charge < -0.3 is 10.4 Å². The number of anilines is 3. The molecule has 10 heteroatoms. The summed E-state index contributed by atoms with van der Waals surface area (Å²) in [5.41, 5.74) is 3.64. The van der Waals surface area contributed by atoms with E-state index in [1.54, 1.807) is 30.5 Å². The molecule has 1 aliphatic rings. The number of carbonyl (C=O) groups is 2. The number of rotatable bonds is 10. The largest absolute Gasteiger partial charge is 0.481 e. The number of hydrazone groups is 1. The lowest BCUT2D eigenvalue weighted by atomic mass is 10.1. The van der Waals surface area contributed by atoms with Crippen LogP contribution in [0.15, 0.2) is 65.4 Å². The molecule has 0 aromatic heterocycles. The number of para-hydroxylation sites is 1. The highest BCUT2D eigenvalue weighted by Crippen LogP contribution is 2.27. The molecule has 1 amide bonds. The molecule has 0 saturated heterocycles. The monoisotopic (exact) mass is 470 g/mol. The van der Waals surface area contributed by atoms with E-state index in [1.165, 1.54) is 5.01 Å². The Morgan fingerprint density at radius 3 is 2.48 bits per heavy atom. The third-order valence-corrected chi connectivity index (χ3v) is 5.55. The van der Waals surface area contributed by atoms with Crippen molar-refractivity contribution in [2.75, 3.05) is 21.3 Å². The summed E-state index contributed by atoms with van der Waals surface area (Å²) in [7, 11) is -3.42. The van der Waals surface area contributed by atoms with Crippen LogP contribution in [0.4, 0.5) is 17.1 Å². The van der Waals surface area contributed by atoms with Gasteiger partial charge in [0.15, 0.2) is 0 Å². The van der Waals surface area contributed by atoms with E-state index in [-0.39, 0.29) is 12.3 Å². The van der Waals surface area contributed by atoms with Crippen LogP contribution in [0.3, 0.4) is 0 Å². The second-order valence-corrected chi connectivity index (χ2v) is 9.29. The van der Waals surface area contributed by atoms with Crippen molar-refractivity contribution in [3.63, 3.8) is 0 Å². The van der Waals surface area contributed by atoms with E-state index in [0.717, 1.165) is 23.9 Å². The molecule has 1 aliphatic heterocycles. The Balaban J connectivity index is 1.87. The first-order valence-corrected chi connectivity index (χ1v) is 12.3. The van der Waals surface area contributed by atoms with Gasteiger partial charge >= 0.3 is 5.97 Å². The van der Waals surface area contributed by atoms with Gasteiger partial charge in [0.2, 0.25) is 10.0 Å². The van der Waals surface area contributed by atoms with Crippen molar-refractivity contribution in [3.05, 3.63) is 65.9 Å². The number of nitrogens with one attached hydrogen (secondary N) is 2. The second kappa shape index (κ2) is 10.3. The zero-order valence-corrected chi connectivity index (χ0v) is 19.2. The summed E-state index contributed by atoms with van der Waals surface area (Å²) in [5, 5.41) is 17.8. The van der Waals surface area contributed by atoms with Crippen LogP contribution >= 0.6 is 0 Å².